The predicted molar refractivity (Wildman–Crippen MR) is 70.5 cm³/mol. The van der Waals surface area contributed by atoms with Gasteiger partial charge in [-0.2, -0.15) is 0 Å². The van der Waals surface area contributed by atoms with E-state index < -0.39 is 49.7 Å². The van der Waals surface area contributed by atoms with Crippen molar-refractivity contribution in [1.29, 1.82) is 0 Å². The van der Waals surface area contributed by atoms with Crippen molar-refractivity contribution in [2.45, 2.75) is 4.90 Å². The lowest BCUT2D eigenvalue weighted by Gasteiger charge is -2.10. The Morgan fingerprint density at radius 2 is 1.52 bits per heavy atom. The number of carbonyl (C=O) groups is 1. The van der Waals surface area contributed by atoms with Gasteiger partial charge in [-0.05, 0) is 24.3 Å². The van der Waals surface area contributed by atoms with Crippen LogP contribution in [0.4, 0.5) is 17.6 Å². The second kappa shape index (κ2) is 6.34. The summed E-state index contributed by atoms with van der Waals surface area (Å²) in [7, 11) is -4.73. The second-order valence-electron chi connectivity index (χ2n) is 4.21. The van der Waals surface area contributed by atoms with Crippen LogP contribution in [0.3, 0.4) is 0 Å². The Hall–Kier alpha value is -2.46. The van der Waals surface area contributed by atoms with Gasteiger partial charge in [0.1, 0.15) is 10.7 Å². The van der Waals surface area contributed by atoms with E-state index in [1.54, 1.807) is 5.43 Å². The number of carbonyl (C=O) groups excluding carboxylic acids is 1. The van der Waals surface area contributed by atoms with Crippen LogP contribution in [-0.2, 0) is 10.0 Å². The molecule has 0 aliphatic carbocycles. The van der Waals surface area contributed by atoms with Gasteiger partial charge < -0.3 is 0 Å². The second-order valence-corrected chi connectivity index (χ2v) is 5.86. The van der Waals surface area contributed by atoms with E-state index in [0.717, 1.165) is 12.1 Å². The molecule has 0 radical (unpaired) electrons. The van der Waals surface area contributed by atoms with Crippen LogP contribution in [0, 0.1) is 23.3 Å². The maximum atomic E-state index is 13.5. The van der Waals surface area contributed by atoms with Crippen molar-refractivity contribution in [3.05, 3.63) is 65.2 Å². The molecule has 0 saturated heterocycles. The molecule has 2 rings (SSSR count). The highest BCUT2D eigenvalue weighted by Crippen LogP contribution is 2.19. The van der Waals surface area contributed by atoms with E-state index in [1.165, 1.54) is 17.0 Å². The van der Waals surface area contributed by atoms with Gasteiger partial charge >= 0.3 is 0 Å². The van der Waals surface area contributed by atoms with Crippen LogP contribution in [0.5, 0.6) is 0 Å². The van der Waals surface area contributed by atoms with Gasteiger partial charge in [0.15, 0.2) is 17.5 Å². The average Bonchev–Trinajstić information content (AvgIpc) is 2.50. The molecular formula is C13H8F4N2O3S. The number of benzene rings is 2. The first kappa shape index (κ1) is 16.9. The SMILES string of the molecule is O=C(NNS(=O)(=O)c1ccc(F)c(F)c1F)c1ccccc1F. The van der Waals surface area contributed by atoms with Crippen molar-refractivity contribution >= 4 is 15.9 Å². The molecule has 122 valence electrons. The molecule has 2 aromatic carbocycles. The molecule has 0 aliphatic heterocycles. The number of hydrogen-bond donors (Lipinski definition) is 2. The van der Waals surface area contributed by atoms with Crippen molar-refractivity contribution in [2.75, 3.05) is 0 Å². The van der Waals surface area contributed by atoms with E-state index in [-0.39, 0.29) is 0 Å². The van der Waals surface area contributed by atoms with Crippen molar-refractivity contribution in [3.63, 3.8) is 0 Å². The maximum absolute atomic E-state index is 13.5. The lowest BCUT2D eigenvalue weighted by molar-refractivity contribution is 0.0941. The van der Waals surface area contributed by atoms with Crippen LogP contribution in [0.2, 0.25) is 0 Å². The number of rotatable bonds is 4. The van der Waals surface area contributed by atoms with Crippen LogP contribution >= 0.6 is 0 Å². The number of hydrazine groups is 1. The standard InChI is InChI=1S/C13H8F4N2O3S/c14-8-4-2-1-3-7(8)13(20)18-19-23(21,22)10-6-5-9(15)11(16)12(10)17/h1-6,19H,(H,18,20). The van der Waals surface area contributed by atoms with Crippen LogP contribution in [-0.4, -0.2) is 14.3 Å². The number of sulfonamides is 1. The molecule has 0 fully saturated rings. The third-order valence-corrected chi connectivity index (χ3v) is 3.97. The minimum Gasteiger partial charge on any atom is -0.273 e. The van der Waals surface area contributed by atoms with Gasteiger partial charge in [0.05, 0.1) is 5.56 Å². The van der Waals surface area contributed by atoms with Gasteiger partial charge in [-0.25, -0.2) is 26.0 Å². The Kier molecular flexibility index (Phi) is 4.66. The number of nitrogens with one attached hydrogen (secondary N) is 2. The summed E-state index contributed by atoms with van der Waals surface area (Å²) < 4.78 is 76.2. The summed E-state index contributed by atoms with van der Waals surface area (Å²) in [5, 5.41) is 0. The van der Waals surface area contributed by atoms with Crippen molar-refractivity contribution in [2.24, 2.45) is 0 Å². The van der Waals surface area contributed by atoms with E-state index >= 15 is 0 Å². The van der Waals surface area contributed by atoms with Crippen molar-refractivity contribution < 1.29 is 30.8 Å². The molecule has 10 heteroatoms. The molecule has 5 nitrogen and oxygen atoms in total. The fourth-order valence-electron chi connectivity index (χ4n) is 1.60. The van der Waals surface area contributed by atoms with Gasteiger partial charge in [0.25, 0.3) is 15.9 Å². The summed E-state index contributed by atoms with van der Waals surface area (Å²) >= 11 is 0. The highest BCUT2D eigenvalue weighted by atomic mass is 32.2. The van der Waals surface area contributed by atoms with Crippen LogP contribution < -0.4 is 10.3 Å². The third kappa shape index (κ3) is 3.48. The van der Waals surface area contributed by atoms with E-state index in [4.69, 9.17) is 0 Å². The zero-order chi connectivity index (χ0) is 17.2. The van der Waals surface area contributed by atoms with E-state index in [0.29, 0.717) is 12.1 Å². The molecule has 2 N–H and O–H groups in total. The maximum Gasteiger partial charge on any atom is 0.269 e. The van der Waals surface area contributed by atoms with Gasteiger partial charge in [-0.15, -0.1) is 4.83 Å². The van der Waals surface area contributed by atoms with E-state index in [9.17, 15) is 30.8 Å². The Bertz CT molecular complexity index is 872. The molecule has 23 heavy (non-hydrogen) atoms. The Balaban J connectivity index is 2.22. The average molecular weight is 348 g/mol. The van der Waals surface area contributed by atoms with Gasteiger partial charge in [-0.1, -0.05) is 12.1 Å². The molecule has 0 aliphatic rings. The molecule has 2 aromatic rings. The normalized spacial score (nSPS) is 11.3. The largest absolute Gasteiger partial charge is 0.273 e. The molecule has 0 atom stereocenters. The van der Waals surface area contributed by atoms with Crippen LogP contribution in [0.15, 0.2) is 41.3 Å². The lowest BCUT2D eigenvalue weighted by atomic mass is 10.2. The van der Waals surface area contributed by atoms with Gasteiger partial charge in [0.2, 0.25) is 0 Å². The highest BCUT2D eigenvalue weighted by molar-refractivity contribution is 7.89. The first-order valence-electron chi connectivity index (χ1n) is 5.94. The molecule has 0 bridgehead atoms. The Morgan fingerprint density at radius 1 is 0.870 bits per heavy atom. The summed E-state index contributed by atoms with van der Waals surface area (Å²) in [5.41, 5.74) is 1.17. The third-order valence-electron chi connectivity index (χ3n) is 2.71. The lowest BCUT2D eigenvalue weighted by Crippen LogP contribution is -2.42. The number of hydrogen-bond acceptors (Lipinski definition) is 3. The molecule has 0 aromatic heterocycles. The van der Waals surface area contributed by atoms with Gasteiger partial charge in [0, 0.05) is 0 Å². The minimum absolute atomic E-state index is 0.408. The summed E-state index contributed by atoms with van der Waals surface area (Å²) in [6, 6.07) is 5.58. The first-order valence-corrected chi connectivity index (χ1v) is 7.42. The van der Waals surface area contributed by atoms with Gasteiger partial charge in [-0.3, -0.25) is 10.2 Å². The van der Waals surface area contributed by atoms with Crippen LogP contribution in [0.1, 0.15) is 10.4 Å². The molecule has 0 saturated carbocycles. The summed E-state index contributed by atoms with van der Waals surface area (Å²) in [5.74, 6) is -7.57. The molecule has 0 spiro atoms. The summed E-state index contributed by atoms with van der Waals surface area (Å²) in [4.78, 5) is 11.9. The molecule has 0 heterocycles. The zero-order valence-electron chi connectivity index (χ0n) is 11.1. The number of amides is 1. The van der Waals surface area contributed by atoms with Crippen LogP contribution in [0.25, 0.3) is 0 Å². The fourth-order valence-corrected chi connectivity index (χ4v) is 2.51. The number of halogens is 4. The first-order chi connectivity index (χ1) is 10.7. The monoisotopic (exact) mass is 348 g/mol. The smallest absolute Gasteiger partial charge is 0.269 e. The zero-order valence-corrected chi connectivity index (χ0v) is 11.9. The predicted octanol–water partition coefficient (Wildman–Crippen LogP) is 1.87. The van der Waals surface area contributed by atoms with Crippen molar-refractivity contribution in [3.8, 4) is 0 Å². The van der Waals surface area contributed by atoms with E-state index in [2.05, 4.69) is 0 Å². The molecule has 0 unspecified atom stereocenters. The van der Waals surface area contributed by atoms with Crippen molar-refractivity contribution in [1.82, 2.24) is 10.3 Å². The Morgan fingerprint density at radius 3 is 2.17 bits per heavy atom. The highest BCUT2D eigenvalue weighted by Gasteiger charge is 2.25. The quantitative estimate of drug-likeness (QED) is 0.503. The fraction of sp³-hybridized carbons (Fsp3) is 0. The Labute approximate surface area is 128 Å². The minimum atomic E-state index is -4.73. The summed E-state index contributed by atoms with van der Waals surface area (Å²) in [6.07, 6.45) is 0. The molecular weight excluding hydrogens is 340 g/mol. The molecule has 1 amide bonds. The van der Waals surface area contributed by atoms with E-state index in [1.807, 2.05) is 0 Å². The summed E-state index contributed by atoms with van der Waals surface area (Å²) in [6.45, 7) is 0. The topological polar surface area (TPSA) is 75.3 Å².